The van der Waals surface area contributed by atoms with Crippen LogP contribution in [0.4, 0.5) is 0 Å². The van der Waals surface area contributed by atoms with Gasteiger partial charge in [0.2, 0.25) is 10.0 Å². The summed E-state index contributed by atoms with van der Waals surface area (Å²) in [4.78, 5) is 23.1. The van der Waals surface area contributed by atoms with Crippen LogP contribution in [0.25, 0.3) is 0 Å². The number of sulfonamides is 1. The van der Waals surface area contributed by atoms with Crippen molar-refractivity contribution < 1.29 is 27.9 Å². The third-order valence-corrected chi connectivity index (χ3v) is 4.82. The number of nitrogens with one attached hydrogen (secondary N) is 1. The van der Waals surface area contributed by atoms with Gasteiger partial charge < -0.3 is 14.4 Å². The summed E-state index contributed by atoms with van der Waals surface area (Å²) < 4.78 is 33.4. The maximum atomic E-state index is 12.5. The number of carbonyl (C=O) groups is 2. The lowest BCUT2D eigenvalue weighted by Gasteiger charge is -2.14. The van der Waals surface area contributed by atoms with E-state index in [1.807, 2.05) is 0 Å². The Morgan fingerprint density at radius 1 is 1.28 bits per heavy atom. The summed E-state index contributed by atoms with van der Waals surface area (Å²) in [6, 6.07) is 7.64. The first-order valence-corrected chi connectivity index (χ1v) is 8.88. The highest BCUT2D eigenvalue weighted by atomic mass is 32.2. The van der Waals surface area contributed by atoms with Crippen LogP contribution in [0.5, 0.6) is 0 Å². The molecule has 0 amide bonds. The Bertz CT molecular complexity index is 873. The zero-order valence-electron chi connectivity index (χ0n) is 13.7. The largest absolute Gasteiger partial charge is 0.480 e. The highest BCUT2D eigenvalue weighted by Crippen LogP contribution is 2.19. The molecule has 134 valence electrons. The maximum absolute atomic E-state index is 12.5. The Kier molecular flexibility index (Phi) is 5.60. The van der Waals surface area contributed by atoms with Gasteiger partial charge in [-0.2, -0.15) is 4.72 Å². The van der Waals surface area contributed by atoms with E-state index in [4.69, 9.17) is 4.74 Å². The van der Waals surface area contributed by atoms with Gasteiger partial charge in [-0.1, -0.05) is 30.3 Å². The summed E-state index contributed by atoms with van der Waals surface area (Å²) in [5, 5.41) is 9.35. The van der Waals surface area contributed by atoms with Gasteiger partial charge in [-0.25, -0.2) is 13.2 Å². The van der Waals surface area contributed by atoms with Crippen LogP contribution in [-0.4, -0.2) is 36.6 Å². The molecule has 2 aromatic rings. The van der Waals surface area contributed by atoms with Gasteiger partial charge in [-0.15, -0.1) is 0 Å². The first kappa shape index (κ1) is 18.7. The van der Waals surface area contributed by atoms with E-state index < -0.39 is 28.0 Å². The quantitative estimate of drug-likeness (QED) is 0.714. The van der Waals surface area contributed by atoms with Gasteiger partial charge in [0, 0.05) is 13.2 Å². The lowest BCUT2D eigenvalue weighted by atomic mass is 10.1. The molecule has 8 nitrogen and oxygen atoms in total. The zero-order chi connectivity index (χ0) is 18.6. The average molecular weight is 366 g/mol. The van der Waals surface area contributed by atoms with Gasteiger partial charge in [0.05, 0.1) is 6.61 Å². The van der Waals surface area contributed by atoms with Crippen molar-refractivity contribution >= 4 is 22.0 Å². The number of aryl methyl sites for hydroxylation is 1. The van der Waals surface area contributed by atoms with Gasteiger partial charge in [-0.05, 0) is 18.6 Å². The van der Waals surface area contributed by atoms with E-state index in [1.54, 1.807) is 25.1 Å². The monoisotopic (exact) mass is 366 g/mol. The third-order valence-electron chi connectivity index (χ3n) is 3.43. The van der Waals surface area contributed by atoms with Gasteiger partial charge in [0.15, 0.2) is 0 Å². The molecule has 9 heteroatoms. The highest BCUT2D eigenvalue weighted by Gasteiger charge is 2.28. The molecule has 1 aromatic heterocycles. The molecule has 0 fully saturated rings. The highest BCUT2D eigenvalue weighted by molar-refractivity contribution is 7.89. The van der Waals surface area contributed by atoms with Crippen molar-refractivity contribution in [3.63, 3.8) is 0 Å². The van der Waals surface area contributed by atoms with Crippen molar-refractivity contribution in [3.05, 3.63) is 53.9 Å². The minimum atomic E-state index is -4.16. The first-order chi connectivity index (χ1) is 11.8. The maximum Gasteiger partial charge on any atom is 0.354 e. The van der Waals surface area contributed by atoms with E-state index in [0.29, 0.717) is 5.56 Å². The van der Waals surface area contributed by atoms with Crippen molar-refractivity contribution in [3.8, 4) is 0 Å². The minimum Gasteiger partial charge on any atom is -0.480 e. The summed E-state index contributed by atoms with van der Waals surface area (Å²) in [6.07, 6.45) is 1.22. The molecule has 0 saturated heterocycles. The Morgan fingerprint density at radius 3 is 2.48 bits per heavy atom. The van der Waals surface area contributed by atoms with Crippen molar-refractivity contribution in [1.29, 1.82) is 0 Å². The summed E-state index contributed by atoms with van der Waals surface area (Å²) in [5.74, 6) is -2.00. The average Bonchev–Trinajstić information content (AvgIpc) is 2.96. The lowest BCUT2D eigenvalue weighted by molar-refractivity contribution is -0.139. The summed E-state index contributed by atoms with van der Waals surface area (Å²) >= 11 is 0. The standard InChI is InChI=1S/C16H18N2O6S/c1-3-24-16(21)13-9-12(10-18(13)2)25(22,23)17-14(15(19)20)11-7-5-4-6-8-11/h4-10,14,17H,3H2,1-2H3,(H,19,20)/t14-/m0/s1. The zero-order valence-corrected chi connectivity index (χ0v) is 14.5. The fourth-order valence-corrected chi connectivity index (χ4v) is 3.47. The van der Waals surface area contributed by atoms with Crippen molar-refractivity contribution in [2.45, 2.75) is 17.9 Å². The molecule has 0 bridgehead atoms. The number of esters is 1. The van der Waals surface area contributed by atoms with E-state index in [0.717, 1.165) is 6.07 Å². The topological polar surface area (TPSA) is 115 Å². The van der Waals surface area contributed by atoms with Crippen LogP contribution in [0.3, 0.4) is 0 Å². The molecule has 25 heavy (non-hydrogen) atoms. The van der Waals surface area contributed by atoms with Crippen molar-refractivity contribution in [2.75, 3.05) is 6.61 Å². The molecule has 1 heterocycles. The molecule has 0 spiro atoms. The second kappa shape index (κ2) is 7.49. The van der Waals surface area contributed by atoms with Crippen molar-refractivity contribution in [2.24, 2.45) is 7.05 Å². The Hall–Kier alpha value is -2.65. The molecule has 2 N–H and O–H groups in total. The smallest absolute Gasteiger partial charge is 0.354 e. The molecule has 0 saturated carbocycles. The van der Waals surface area contributed by atoms with Crippen LogP contribution in [0.15, 0.2) is 47.5 Å². The van der Waals surface area contributed by atoms with E-state index >= 15 is 0 Å². The molecule has 1 aromatic carbocycles. The van der Waals surface area contributed by atoms with Gasteiger partial charge >= 0.3 is 11.9 Å². The van der Waals surface area contributed by atoms with Crippen molar-refractivity contribution in [1.82, 2.24) is 9.29 Å². The number of carboxylic acids is 1. The summed E-state index contributed by atoms with van der Waals surface area (Å²) in [7, 11) is -2.67. The molecule has 0 aliphatic rings. The molecule has 0 unspecified atom stereocenters. The van der Waals surface area contributed by atoms with Crippen LogP contribution in [0.1, 0.15) is 29.0 Å². The lowest BCUT2D eigenvalue weighted by Crippen LogP contribution is -2.33. The number of aliphatic carboxylic acids is 1. The van der Waals surface area contributed by atoms with Crippen LogP contribution in [0.2, 0.25) is 0 Å². The number of hydrogen-bond acceptors (Lipinski definition) is 5. The van der Waals surface area contributed by atoms with E-state index in [9.17, 15) is 23.1 Å². The fourth-order valence-electron chi connectivity index (χ4n) is 2.22. The third kappa shape index (κ3) is 4.25. The molecular formula is C16H18N2O6S. The van der Waals surface area contributed by atoms with E-state index in [1.165, 1.54) is 29.9 Å². The van der Waals surface area contributed by atoms with Gasteiger partial charge in [0.25, 0.3) is 0 Å². The Labute approximate surface area is 145 Å². The second-order valence-electron chi connectivity index (χ2n) is 5.20. The molecule has 0 aliphatic heterocycles. The molecule has 1 atom stereocenters. The van der Waals surface area contributed by atoms with E-state index in [2.05, 4.69) is 4.72 Å². The molecule has 0 radical (unpaired) electrons. The predicted molar refractivity (Wildman–Crippen MR) is 88.5 cm³/mol. The number of carbonyl (C=O) groups excluding carboxylic acids is 1. The van der Waals surface area contributed by atoms with Gasteiger partial charge in [0.1, 0.15) is 16.6 Å². The Morgan fingerprint density at radius 2 is 1.92 bits per heavy atom. The molecule has 0 aliphatic carbocycles. The number of aromatic nitrogens is 1. The SMILES string of the molecule is CCOC(=O)c1cc(S(=O)(=O)N[C@H](C(=O)O)c2ccccc2)cn1C. The fraction of sp³-hybridized carbons (Fsp3) is 0.250. The first-order valence-electron chi connectivity index (χ1n) is 7.40. The number of rotatable bonds is 7. The van der Waals surface area contributed by atoms with Crippen LogP contribution >= 0.6 is 0 Å². The predicted octanol–water partition coefficient (Wildman–Crippen LogP) is 1.31. The van der Waals surface area contributed by atoms with Crippen LogP contribution in [-0.2, 0) is 26.6 Å². The molecule has 2 rings (SSSR count). The van der Waals surface area contributed by atoms with Crippen LogP contribution < -0.4 is 4.72 Å². The number of hydrogen-bond donors (Lipinski definition) is 2. The number of nitrogens with zero attached hydrogens (tertiary/aromatic N) is 1. The number of ether oxygens (including phenoxy) is 1. The van der Waals surface area contributed by atoms with Crippen LogP contribution in [0, 0.1) is 0 Å². The number of carboxylic acid groups (broad SMARTS) is 1. The normalized spacial score (nSPS) is 12.6. The number of benzene rings is 1. The minimum absolute atomic E-state index is 0.0498. The van der Waals surface area contributed by atoms with Gasteiger partial charge in [-0.3, -0.25) is 4.79 Å². The second-order valence-corrected chi connectivity index (χ2v) is 6.91. The Balaban J connectivity index is 2.33. The summed E-state index contributed by atoms with van der Waals surface area (Å²) in [6.45, 7) is 1.79. The molecular weight excluding hydrogens is 348 g/mol. The van der Waals surface area contributed by atoms with E-state index in [-0.39, 0.29) is 17.2 Å². The summed E-state index contributed by atoms with van der Waals surface area (Å²) in [5.41, 5.74) is 0.342.